The fourth-order valence-corrected chi connectivity index (χ4v) is 2.45. The van der Waals surface area contributed by atoms with Crippen LogP contribution in [0.2, 0.25) is 0 Å². The summed E-state index contributed by atoms with van der Waals surface area (Å²) in [5, 5.41) is 1.17. The molecular weight excluding hydrogens is 396 g/mol. The van der Waals surface area contributed by atoms with E-state index in [0.29, 0.717) is 10.1 Å². The van der Waals surface area contributed by atoms with E-state index in [4.69, 9.17) is 4.84 Å². The van der Waals surface area contributed by atoms with Gasteiger partial charge in [-0.25, -0.2) is 9.59 Å². The van der Waals surface area contributed by atoms with E-state index in [-0.39, 0.29) is 57.3 Å². The summed E-state index contributed by atoms with van der Waals surface area (Å²) in [4.78, 5) is 76.4. The molecule has 0 spiro atoms. The van der Waals surface area contributed by atoms with Gasteiger partial charge in [-0.1, -0.05) is 42.0 Å². The third-order valence-electron chi connectivity index (χ3n) is 3.87. The van der Waals surface area contributed by atoms with Gasteiger partial charge in [-0.3, -0.25) is 19.2 Å². The van der Waals surface area contributed by atoms with Crippen LogP contribution < -0.4 is 0 Å². The van der Waals surface area contributed by atoms with Crippen LogP contribution in [0.5, 0.6) is 0 Å². The van der Waals surface area contributed by atoms with E-state index in [9.17, 15) is 28.8 Å². The van der Waals surface area contributed by atoms with Crippen molar-refractivity contribution in [3.63, 3.8) is 0 Å². The number of rotatable bonds is 6. The molecule has 10 heteroatoms. The maximum atomic E-state index is 11.4. The summed E-state index contributed by atoms with van der Waals surface area (Å²) in [6.45, 7) is 9.06. The Bertz CT molecular complexity index is 670. The van der Waals surface area contributed by atoms with Crippen molar-refractivity contribution in [1.82, 2.24) is 10.1 Å². The standard InChI is InChI=1S/C10H15NO4.C9H13NO4.CH4/c1-6(2)4-9(13)15-11-8(12)5-7(3)10(11)14;1-6(2)5-9(13)14-10-7(11)3-4-8(10)12;/h6-7H,4-5H2,1-3H3;6H,3-5H2,1-2H3;1H4. The molecule has 2 heterocycles. The molecule has 2 rings (SSSR count). The van der Waals surface area contributed by atoms with Gasteiger partial charge in [-0.2, -0.15) is 0 Å². The Hall–Kier alpha value is -2.78. The SMILES string of the molecule is C.CC(C)CC(=O)ON1C(=O)CC(C)C1=O.CC(C)CC(=O)ON1C(=O)CCC1=O. The molecule has 0 aromatic rings. The first-order valence-electron chi connectivity index (χ1n) is 9.56. The molecule has 1 atom stereocenters. The molecule has 1 unspecified atom stereocenters. The molecule has 2 aliphatic rings. The second-order valence-electron chi connectivity index (χ2n) is 7.84. The maximum absolute atomic E-state index is 11.4. The maximum Gasteiger partial charge on any atom is 0.333 e. The minimum absolute atomic E-state index is 0. The van der Waals surface area contributed by atoms with Gasteiger partial charge in [0.05, 0.1) is 12.8 Å². The third-order valence-corrected chi connectivity index (χ3v) is 3.87. The summed E-state index contributed by atoms with van der Waals surface area (Å²) in [5.74, 6) is -2.92. The average molecular weight is 428 g/mol. The van der Waals surface area contributed by atoms with Crippen molar-refractivity contribution in [2.75, 3.05) is 0 Å². The predicted molar refractivity (Wildman–Crippen MR) is 105 cm³/mol. The summed E-state index contributed by atoms with van der Waals surface area (Å²) in [5.41, 5.74) is 0. The lowest BCUT2D eigenvalue weighted by Crippen LogP contribution is -2.33. The first-order chi connectivity index (χ1) is 13.4. The number of carbonyl (C=O) groups is 6. The fourth-order valence-electron chi connectivity index (χ4n) is 2.45. The first kappa shape index (κ1) is 27.2. The van der Waals surface area contributed by atoms with Crippen LogP contribution in [0.3, 0.4) is 0 Å². The molecule has 10 nitrogen and oxygen atoms in total. The molecule has 2 fully saturated rings. The topological polar surface area (TPSA) is 127 Å². The molecule has 0 radical (unpaired) electrons. The van der Waals surface area contributed by atoms with E-state index in [1.165, 1.54) is 0 Å². The van der Waals surface area contributed by atoms with E-state index in [2.05, 4.69) is 4.84 Å². The van der Waals surface area contributed by atoms with Crippen molar-refractivity contribution in [2.24, 2.45) is 17.8 Å². The average Bonchev–Trinajstić information content (AvgIpc) is 3.01. The normalized spacial score (nSPS) is 18.4. The second-order valence-corrected chi connectivity index (χ2v) is 7.84. The Labute approximate surface area is 176 Å². The molecular formula is C20H32N2O8. The predicted octanol–water partition coefficient (Wildman–Crippen LogP) is 2.16. The molecule has 2 aliphatic heterocycles. The lowest BCUT2D eigenvalue weighted by molar-refractivity contribution is -0.198. The van der Waals surface area contributed by atoms with Crippen LogP contribution in [0.1, 0.15) is 74.1 Å². The molecule has 170 valence electrons. The molecule has 0 aromatic carbocycles. The van der Waals surface area contributed by atoms with Crippen molar-refractivity contribution in [2.45, 2.75) is 74.1 Å². The number of imide groups is 2. The first-order valence-corrected chi connectivity index (χ1v) is 9.56. The van der Waals surface area contributed by atoms with Crippen molar-refractivity contribution in [3.05, 3.63) is 0 Å². The fraction of sp³-hybridized carbons (Fsp3) is 0.700. The minimum atomic E-state index is -0.541. The lowest BCUT2D eigenvalue weighted by atomic mass is 10.1. The molecule has 0 aliphatic carbocycles. The molecule has 2 saturated heterocycles. The molecule has 4 amide bonds. The minimum Gasteiger partial charge on any atom is -0.330 e. The van der Waals surface area contributed by atoms with Crippen LogP contribution in [0.15, 0.2) is 0 Å². The summed E-state index contributed by atoms with van der Waals surface area (Å²) >= 11 is 0. The third kappa shape index (κ3) is 8.30. The molecule has 0 N–H and O–H groups in total. The van der Waals surface area contributed by atoms with Gasteiger partial charge < -0.3 is 9.68 Å². The number of hydrogen-bond donors (Lipinski definition) is 0. The summed E-state index contributed by atoms with van der Waals surface area (Å²) < 4.78 is 0. The van der Waals surface area contributed by atoms with Crippen molar-refractivity contribution >= 4 is 35.6 Å². The number of carbonyl (C=O) groups excluding carboxylic acids is 6. The number of nitrogens with zero attached hydrogens (tertiary/aromatic N) is 2. The second kappa shape index (κ2) is 12.0. The van der Waals surface area contributed by atoms with Gasteiger partial charge in [0.2, 0.25) is 0 Å². The quantitative estimate of drug-likeness (QED) is 0.589. The number of hydroxylamine groups is 4. The Balaban J connectivity index is 0.000000544. The summed E-state index contributed by atoms with van der Waals surface area (Å²) in [7, 11) is 0. The van der Waals surface area contributed by atoms with Gasteiger partial charge >= 0.3 is 11.9 Å². The molecule has 0 aromatic heterocycles. The highest BCUT2D eigenvalue weighted by Gasteiger charge is 2.38. The van der Waals surface area contributed by atoms with Crippen LogP contribution in [-0.4, -0.2) is 45.7 Å². The van der Waals surface area contributed by atoms with Crippen LogP contribution >= 0.6 is 0 Å². The van der Waals surface area contributed by atoms with E-state index in [1.807, 2.05) is 27.7 Å². The van der Waals surface area contributed by atoms with Gasteiger partial charge in [0.25, 0.3) is 23.6 Å². The number of amides is 4. The van der Waals surface area contributed by atoms with Crippen LogP contribution in [-0.2, 0) is 38.4 Å². The van der Waals surface area contributed by atoms with E-state index >= 15 is 0 Å². The zero-order chi connectivity index (χ0) is 22.3. The zero-order valence-corrected chi connectivity index (χ0v) is 17.4. The Morgan fingerprint density at radius 2 is 1.23 bits per heavy atom. The summed E-state index contributed by atoms with van der Waals surface area (Å²) in [6.07, 6.45) is 0.790. The van der Waals surface area contributed by atoms with Crippen LogP contribution in [0.25, 0.3) is 0 Å². The molecule has 0 saturated carbocycles. The number of hydrogen-bond acceptors (Lipinski definition) is 8. The van der Waals surface area contributed by atoms with Gasteiger partial charge in [-0.05, 0) is 11.8 Å². The Morgan fingerprint density at radius 1 is 0.833 bits per heavy atom. The highest BCUT2D eigenvalue weighted by Crippen LogP contribution is 2.19. The van der Waals surface area contributed by atoms with Crippen molar-refractivity contribution in [3.8, 4) is 0 Å². The van der Waals surface area contributed by atoms with Crippen LogP contribution in [0.4, 0.5) is 0 Å². The van der Waals surface area contributed by atoms with E-state index in [0.717, 1.165) is 0 Å². The van der Waals surface area contributed by atoms with Crippen LogP contribution in [0, 0.1) is 17.8 Å². The van der Waals surface area contributed by atoms with E-state index < -0.39 is 35.6 Å². The largest absolute Gasteiger partial charge is 0.333 e. The Morgan fingerprint density at radius 3 is 1.57 bits per heavy atom. The summed E-state index contributed by atoms with van der Waals surface area (Å²) in [6, 6.07) is 0. The Kier molecular flexibility index (Phi) is 10.9. The molecule has 0 bridgehead atoms. The zero-order valence-electron chi connectivity index (χ0n) is 17.4. The smallest absolute Gasteiger partial charge is 0.330 e. The van der Waals surface area contributed by atoms with Gasteiger partial charge in [0.15, 0.2) is 0 Å². The van der Waals surface area contributed by atoms with Gasteiger partial charge in [-0.15, -0.1) is 10.1 Å². The van der Waals surface area contributed by atoms with Crippen molar-refractivity contribution < 1.29 is 38.4 Å². The van der Waals surface area contributed by atoms with Gasteiger partial charge in [0, 0.05) is 25.2 Å². The van der Waals surface area contributed by atoms with Crippen molar-refractivity contribution in [1.29, 1.82) is 0 Å². The molecule has 30 heavy (non-hydrogen) atoms. The highest BCUT2D eigenvalue weighted by atomic mass is 16.7. The highest BCUT2D eigenvalue weighted by molar-refractivity contribution is 6.03. The van der Waals surface area contributed by atoms with Gasteiger partial charge in [0.1, 0.15) is 0 Å². The van der Waals surface area contributed by atoms with E-state index in [1.54, 1.807) is 6.92 Å². The monoisotopic (exact) mass is 428 g/mol. The lowest BCUT2D eigenvalue weighted by Gasteiger charge is -2.13.